The molecule has 2 aliphatic rings. The number of rotatable bonds is 4. The Morgan fingerprint density at radius 3 is 2.68 bits per heavy atom. The Kier molecular flexibility index (Phi) is 5.66. The molecule has 1 aromatic rings. The summed E-state index contributed by atoms with van der Waals surface area (Å²) in [5, 5.41) is 2.55. The first kappa shape index (κ1) is 17.8. The molecule has 2 amide bonds. The van der Waals surface area contributed by atoms with Crippen LogP contribution in [0.15, 0.2) is 18.2 Å². The molecule has 1 aromatic carbocycles. The largest absolute Gasteiger partial charge is 0.351 e. The van der Waals surface area contributed by atoms with Gasteiger partial charge in [-0.25, -0.2) is 8.78 Å². The fraction of sp³-hybridized carbons (Fsp3) is 0.579. The standard InChI is InChI=1S/C19H24F2N2O2/c20-14-7-8-15(16(21)12-14)19(25)22-10-9-18(24)23-11-3-5-13-4-1-2-6-17(13)23/h7-8,12-13,17H,1-6,9-11H2,(H,22,25). The topological polar surface area (TPSA) is 49.4 Å². The normalized spacial score (nSPS) is 23.0. The van der Waals surface area contributed by atoms with E-state index in [0.717, 1.165) is 31.5 Å². The molecule has 1 aliphatic carbocycles. The predicted molar refractivity (Wildman–Crippen MR) is 90.0 cm³/mol. The first-order valence-corrected chi connectivity index (χ1v) is 9.09. The van der Waals surface area contributed by atoms with Gasteiger partial charge in [0.1, 0.15) is 11.6 Å². The minimum absolute atomic E-state index is 0.0523. The SMILES string of the molecule is O=C(NCCC(=O)N1CCCC2CCCCC21)c1ccc(F)cc1F. The molecule has 1 aliphatic heterocycles. The van der Waals surface area contributed by atoms with Gasteiger partial charge in [-0.3, -0.25) is 9.59 Å². The molecule has 0 aromatic heterocycles. The number of likely N-dealkylation sites (tertiary alicyclic amines) is 1. The highest BCUT2D eigenvalue weighted by Crippen LogP contribution is 2.35. The highest BCUT2D eigenvalue weighted by molar-refractivity contribution is 5.94. The summed E-state index contributed by atoms with van der Waals surface area (Å²) < 4.78 is 26.5. The first-order chi connectivity index (χ1) is 12.1. The van der Waals surface area contributed by atoms with Gasteiger partial charge in [-0.2, -0.15) is 0 Å². The van der Waals surface area contributed by atoms with Crippen LogP contribution in [-0.4, -0.2) is 35.8 Å². The molecule has 6 heteroatoms. The average molecular weight is 350 g/mol. The van der Waals surface area contributed by atoms with Gasteiger partial charge in [0, 0.05) is 31.6 Å². The van der Waals surface area contributed by atoms with Crippen molar-refractivity contribution in [3.8, 4) is 0 Å². The highest BCUT2D eigenvalue weighted by Gasteiger charge is 2.35. The maximum atomic E-state index is 13.6. The summed E-state index contributed by atoms with van der Waals surface area (Å²) in [6.07, 6.45) is 7.15. The molecule has 136 valence electrons. The van der Waals surface area contributed by atoms with Gasteiger partial charge in [0.25, 0.3) is 5.91 Å². The van der Waals surface area contributed by atoms with Crippen LogP contribution in [0.2, 0.25) is 0 Å². The molecule has 1 heterocycles. The lowest BCUT2D eigenvalue weighted by Gasteiger charge is -2.44. The van der Waals surface area contributed by atoms with Crippen LogP contribution in [0.5, 0.6) is 0 Å². The third-order valence-corrected chi connectivity index (χ3v) is 5.36. The van der Waals surface area contributed by atoms with Crippen molar-refractivity contribution in [1.29, 1.82) is 0 Å². The number of benzene rings is 1. The summed E-state index contributed by atoms with van der Waals surface area (Å²) in [6, 6.07) is 3.18. The lowest BCUT2D eigenvalue weighted by Crippen LogP contribution is -2.50. The Bertz CT molecular complexity index is 648. The fourth-order valence-corrected chi connectivity index (χ4v) is 4.13. The van der Waals surface area contributed by atoms with E-state index in [1.165, 1.54) is 25.7 Å². The van der Waals surface area contributed by atoms with Crippen LogP contribution >= 0.6 is 0 Å². The van der Waals surface area contributed by atoms with Crippen LogP contribution in [0.1, 0.15) is 55.3 Å². The number of amides is 2. The second-order valence-electron chi connectivity index (χ2n) is 6.97. The van der Waals surface area contributed by atoms with Gasteiger partial charge in [-0.1, -0.05) is 12.8 Å². The molecule has 0 spiro atoms. The van der Waals surface area contributed by atoms with Crippen molar-refractivity contribution in [2.45, 2.75) is 51.0 Å². The van der Waals surface area contributed by atoms with Crippen molar-refractivity contribution >= 4 is 11.8 Å². The Hall–Kier alpha value is -1.98. The van der Waals surface area contributed by atoms with Crippen molar-refractivity contribution in [2.24, 2.45) is 5.92 Å². The molecule has 1 saturated carbocycles. The number of halogens is 2. The van der Waals surface area contributed by atoms with E-state index < -0.39 is 17.5 Å². The summed E-state index contributed by atoms with van der Waals surface area (Å²) in [7, 11) is 0. The third kappa shape index (κ3) is 4.17. The monoisotopic (exact) mass is 350 g/mol. The molecular formula is C19H24F2N2O2. The average Bonchev–Trinajstić information content (AvgIpc) is 2.61. The molecule has 25 heavy (non-hydrogen) atoms. The second-order valence-corrected chi connectivity index (χ2v) is 6.97. The van der Waals surface area contributed by atoms with Crippen molar-refractivity contribution < 1.29 is 18.4 Å². The van der Waals surface area contributed by atoms with Gasteiger partial charge in [0.2, 0.25) is 5.91 Å². The molecule has 2 unspecified atom stereocenters. The number of nitrogens with one attached hydrogen (secondary N) is 1. The van der Waals surface area contributed by atoms with Crippen molar-refractivity contribution in [2.75, 3.05) is 13.1 Å². The van der Waals surface area contributed by atoms with E-state index in [1.54, 1.807) is 0 Å². The number of fused-ring (bicyclic) bond motifs is 1. The zero-order valence-corrected chi connectivity index (χ0v) is 14.3. The zero-order chi connectivity index (χ0) is 17.8. The van der Waals surface area contributed by atoms with Gasteiger partial charge in [0.15, 0.2) is 0 Å². The quantitative estimate of drug-likeness (QED) is 0.906. The highest BCUT2D eigenvalue weighted by atomic mass is 19.1. The molecular weight excluding hydrogens is 326 g/mol. The molecule has 1 saturated heterocycles. The van der Waals surface area contributed by atoms with E-state index in [-0.39, 0.29) is 24.4 Å². The Labute approximate surface area is 146 Å². The smallest absolute Gasteiger partial charge is 0.254 e. The van der Waals surface area contributed by atoms with E-state index in [9.17, 15) is 18.4 Å². The molecule has 2 fully saturated rings. The maximum absolute atomic E-state index is 13.6. The molecule has 0 bridgehead atoms. The third-order valence-electron chi connectivity index (χ3n) is 5.36. The van der Waals surface area contributed by atoms with Crippen LogP contribution in [0.25, 0.3) is 0 Å². The number of nitrogens with zero attached hydrogens (tertiary/aromatic N) is 1. The van der Waals surface area contributed by atoms with Crippen molar-refractivity contribution in [3.05, 3.63) is 35.4 Å². The second kappa shape index (κ2) is 7.93. The van der Waals surface area contributed by atoms with Crippen LogP contribution in [0, 0.1) is 17.6 Å². The van der Waals surface area contributed by atoms with E-state index in [2.05, 4.69) is 5.32 Å². The maximum Gasteiger partial charge on any atom is 0.254 e. The first-order valence-electron chi connectivity index (χ1n) is 9.09. The van der Waals surface area contributed by atoms with Gasteiger partial charge in [0.05, 0.1) is 5.56 Å². The molecule has 3 rings (SSSR count). The van der Waals surface area contributed by atoms with Gasteiger partial charge >= 0.3 is 0 Å². The summed E-state index contributed by atoms with van der Waals surface area (Å²) in [5.74, 6) is -1.58. The van der Waals surface area contributed by atoms with Crippen LogP contribution in [0.3, 0.4) is 0 Å². The summed E-state index contributed by atoms with van der Waals surface area (Å²) in [4.78, 5) is 26.5. The predicted octanol–water partition coefficient (Wildman–Crippen LogP) is 3.27. The Balaban J connectivity index is 1.51. The van der Waals surface area contributed by atoms with Gasteiger partial charge < -0.3 is 10.2 Å². The van der Waals surface area contributed by atoms with Crippen molar-refractivity contribution in [3.63, 3.8) is 0 Å². The van der Waals surface area contributed by atoms with E-state index >= 15 is 0 Å². The van der Waals surface area contributed by atoms with E-state index in [0.29, 0.717) is 18.0 Å². The molecule has 2 atom stereocenters. The summed E-state index contributed by atoms with van der Waals surface area (Å²) >= 11 is 0. The number of carbonyl (C=O) groups excluding carboxylic acids is 2. The van der Waals surface area contributed by atoms with Gasteiger partial charge in [-0.15, -0.1) is 0 Å². The minimum Gasteiger partial charge on any atom is -0.351 e. The summed E-state index contributed by atoms with van der Waals surface area (Å²) in [5.41, 5.74) is -0.209. The number of hydrogen-bond acceptors (Lipinski definition) is 2. The fourth-order valence-electron chi connectivity index (χ4n) is 4.13. The molecule has 0 radical (unpaired) electrons. The van der Waals surface area contributed by atoms with Gasteiger partial charge in [-0.05, 0) is 43.7 Å². The Morgan fingerprint density at radius 1 is 1.12 bits per heavy atom. The lowest BCUT2D eigenvalue weighted by atomic mass is 9.78. The lowest BCUT2D eigenvalue weighted by molar-refractivity contribution is -0.137. The summed E-state index contributed by atoms with van der Waals surface area (Å²) in [6.45, 7) is 0.947. The van der Waals surface area contributed by atoms with Crippen LogP contribution < -0.4 is 5.32 Å². The van der Waals surface area contributed by atoms with Crippen molar-refractivity contribution in [1.82, 2.24) is 10.2 Å². The minimum atomic E-state index is -0.898. The number of hydrogen-bond donors (Lipinski definition) is 1. The Morgan fingerprint density at radius 2 is 1.88 bits per heavy atom. The van der Waals surface area contributed by atoms with E-state index in [4.69, 9.17) is 0 Å². The van der Waals surface area contributed by atoms with Crippen LogP contribution in [-0.2, 0) is 4.79 Å². The number of carbonyl (C=O) groups is 2. The molecule has 4 nitrogen and oxygen atoms in total. The number of piperidine rings is 1. The molecule has 1 N–H and O–H groups in total. The van der Waals surface area contributed by atoms with E-state index in [1.807, 2.05) is 4.90 Å². The van der Waals surface area contributed by atoms with Crippen LogP contribution in [0.4, 0.5) is 8.78 Å². The zero-order valence-electron chi connectivity index (χ0n) is 14.3.